The van der Waals surface area contributed by atoms with Crippen LogP contribution in [0.15, 0.2) is 0 Å². The van der Waals surface area contributed by atoms with Crippen LogP contribution in [-0.2, 0) is 14.3 Å². The Morgan fingerprint density at radius 2 is 2.37 bits per heavy atom. The molecule has 0 aromatic rings. The van der Waals surface area contributed by atoms with E-state index in [2.05, 4.69) is 10.6 Å². The first-order valence-corrected chi connectivity index (χ1v) is 6.73. The monoisotopic (exact) mass is 288 g/mol. The van der Waals surface area contributed by atoms with Crippen LogP contribution in [0, 0.1) is 0 Å². The number of carboxylic acids is 1. The van der Waals surface area contributed by atoms with E-state index in [0.29, 0.717) is 5.05 Å². The van der Waals surface area contributed by atoms with Crippen molar-refractivity contribution in [3.63, 3.8) is 0 Å². The van der Waals surface area contributed by atoms with Gasteiger partial charge in [0.15, 0.2) is 5.05 Å². The van der Waals surface area contributed by atoms with Crippen LogP contribution in [0.4, 0.5) is 0 Å². The van der Waals surface area contributed by atoms with Gasteiger partial charge in [-0.2, -0.15) is 0 Å². The lowest BCUT2D eigenvalue weighted by Crippen LogP contribution is -2.49. The first kappa shape index (κ1) is 15.8. The van der Waals surface area contributed by atoms with Gasteiger partial charge in [0.1, 0.15) is 0 Å². The zero-order chi connectivity index (χ0) is 14.4. The molecule has 1 heterocycles. The molecule has 0 unspecified atom stereocenters. The Kier molecular flexibility index (Phi) is 6.17. The molecule has 1 aliphatic rings. The molecule has 108 valence electrons. The highest BCUT2D eigenvalue weighted by Crippen LogP contribution is 2.14. The van der Waals surface area contributed by atoms with Gasteiger partial charge in [0, 0.05) is 12.5 Å². The summed E-state index contributed by atoms with van der Waals surface area (Å²) in [5, 5.41) is 15.2. The van der Waals surface area contributed by atoms with Crippen molar-refractivity contribution in [1.82, 2.24) is 10.6 Å². The third-order valence-electron chi connectivity index (χ3n) is 3.11. The van der Waals surface area contributed by atoms with Crippen LogP contribution in [0.3, 0.4) is 0 Å². The Morgan fingerprint density at radius 3 is 2.89 bits per heavy atom. The maximum Gasteiger partial charge on any atom is 0.305 e. The standard InChI is InChI=1S/C12H20N2O4S/c1-3-4-7(12(19)18-2)13-8-5-10(15)14-9(8)6-11(16)17/h7-9,13H,3-6H2,1-2H3,(H,14,15)(H,16,17)/t7-,8-,9-/m0/s1. The first-order chi connectivity index (χ1) is 8.97. The normalized spacial score (nSPS) is 23.8. The number of amides is 1. The summed E-state index contributed by atoms with van der Waals surface area (Å²) in [7, 11) is 1.51. The van der Waals surface area contributed by atoms with Gasteiger partial charge in [0.25, 0.3) is 0 Å². The first-order valence-electron chi connectivity index (χ1n) is 6.33. The summed E-state index contributed by atoms with van der Waals surface area (Å²) in [6, 6.07) is -0.767. The van der Waals surface area contributed by atoms with Crippen LogP contribution >= 0.6 is 12.2 Å². The number of carbonyl (C=O) groups is 2. The highest BCUT2D eigenvalue weighted by atomic mass is 32.1. The number of nitrogens with one attached hydrogen (secondary N) is 2. The fourth-order valence-corrected chi connectivity index (χ4v) is 2.41. The van der Waals surface area contributed by atoms with E-state index in [1.54, 1.807) is 0 Å². The van der Waals surface area contributed by atoms with Gasteiger partial charge in [-0.25, -0.2) is 0 Å². The molecule has 0 aromatic carbocycles. The summed E-state index contributed by atoms with van der Waals surface area (Å²) < 4.78 is 5.07. The fourth-order valence-electron chi connectivity index (χ4n) is 2.22. The number of ether oxygens (including phenoxy) is 1. The van der Waals surface area contributed by atoms with E-state index in [-0.39, 0.29) is 30.8 Å². The Labute approximate surface area is 117 Å². The Hall–Kier alpha value is -1.21. The van der Waals surface area contributed by atoms with Crippen LogP contribution < -0.4 is 10.6 Å². The van der Waals surface area contributed by atoms with E-state index in [0.717, 1.165) is 12.8 Å². The highest BCUT2D eigenvalue weighted by molar-refractivity contribution is 7.80. The number of carbonyl (C=O) groups excluding carboxylic acids is 1. The van der Waals surface area contributed by atoms with Gasteiger partial charge in [-0.3, -0.25) is 9.59 Å². The fraction of sp³-hybridized carbons (Fsp3) is 0.750. The van der Waals surface area contributed by atoms with Crippen molar-refractivity contribution in [3.8, 4) is 0 Å². The molecule has 1 saturated heterocycles. The second kappa shape index (κ2) is 7.40. The molecule has 0 saturated carbocycles. The molecule has 19 heavy (non-hydrogen) atoms. The van der Waals surface area contributed by atoms with E-state index < -0.39 is 12.0 Å². The van der Waals surface area contributed by atoms with E-state index in [9.17, 15) is 9.59 Å². The van der Waals surface area contributed by atoms with Gasteiger partial charge in [-0.05, 0) is 18.6 Å². The average molecular weight is 288 g/mol. The minimum atomic E-state index is -0.930. The van der Waals surface area contributed by atoms with Gasteiger partial charge < -0.3 is 20.5 Å². The second-order valence-electron chi connectivity index (χ2n) is 4.61. The molecular weight excluding hydrogens is 268 g/mol. The molecule has 0 radical (unpaired) electrons. The van der Waals surface area contributed by atoms with E-state index >= 15 is 0 Å². The van der Waals surface area contributed by atoms with Gasteiger partial charge in [-0.1, -0.05) is 13.3 Å². The summed E-state index contributed by atoms with van der Waals surface area (Å²) in [4.78, 5) is 22.2. The lowest BCUT2D eigenvalue weighted by Gasteiger charge is -2.25. The molecule has 7 heteroatoms. The van der Waals surface area contributed by atoms with Crippen LogP contribution in [0.25, 0.3) is 0 Å². The van der Waals surface area contributed by atoms with Crippen LogP contribution in [-0.4, -0.2) is 47.3 Å². The van der Waals surface area contributed by atoms with Gasteiger partial charge >= 0.3 is 5.97 Å². The van der Waals surface area contributed by atoms with E-state index in [1.165, 1.54) is 7.11 Å². The maximum atomic E-state index is 11.4. The Balaban J connectivity index is 2.67. The Bertz CT molecular complexity index is 362. The molecule has 3 atom stereocenters. The smallest absolute Gasteiger partial charge is 0.305 e. The van der Waals surface area contributed by atoms with E-state index in [1.807, 2.05) is 6.92 Å². The predicted octanol–water partition coefficient (Wildman–Crippen LogP) is 0.450. The Morgan fingerprint density at radius 1 is 1.68 bits per heavy atom. The summed E-state index contributed by atoms with van der Waals surface area (Å²) in [6.45, 7) is 2.03. The molecule has 1 amide bonds. The zero-order valence-electron chi connectivity index (χ0n) is 11.1. The van der Waals surface area contributed by atoms with Gasteiger partial charge in [-0.15, -0.1) is 0 Å². The number of aliphatic carboxylic acids is 1. The van der Waals surface area contributed by atoms with Crippen molar-refractivity contribution in [1.29, 1.82) is 0 Å². The van der Waals surface area contributed by atoms with Gasteiger partial charge in [0.05, 0.1) is 25.6 Å². The topological polar surface area (TPSA) is 87.7 Å². The summed E-state index contributed by atoms with van der Waals surface area (Å²) in [5.41, 5.74) is 0. The predicted molar refractivity (Wildman–Crippen MR) is 74.0 cm³/mol. The molecule has 1 rings (SSSR count). The molecule has 0 spiro atoms. The molecular formula is C12H20N2O4S. The quantitative estimate of drug-likeness (QED) is 0.590. The summed E-state index contributed by atoms with van der Waals surface area (Å²) in [5.74, 6) is -1.07. The molecule has 0 aromatic heterocycles. The van der Waals surface area contributed by atoms with Crippen LogP contribution in [0.1, 0.15) is 32.6 Å². The van der Waals surface area contributed by atoms with Crippen molar-refractivity contribution in [2.24, 2.45) is 0 Å². The third-order valence-corrected chi connectivity index (χ3v) is 3.56. The lowest BCUT2D eigenvalue weighted by atomic mass is 10.0. The molecule has 0 aliphatic carbocycles. The number of carboxylic acid groups (broad SMARTS) is 1. The van der Waals surface area contributed by atoms with Crippen LogP contribution in [0.5, 0.6) is 0 Å². The second-order valence-corrected chi connectivity index (χ2v) is 5.02. The molecule has 1 fully saturated rings. The number of hydrogen-bond acceptors (Lipinski definition) is 5. The third kappa shape index (κ3) is 4.76. The lowest BCUT2D eigenvalue weighted by molar-refractivity contribution is -0.137. The number of rotatable bonds is 7. The largest absolute Gasteiger partial charge is 0.489 e. The summed E-state index contributed by atoms with van der Waals surface area (Å²) >= 11 is 5.13. The summed E-state index contributed by atoms with van der Waals surface area (Å²) in [6.07, 6.45) is 1.88. The average Bonchev–Trinajstić information content (AvgIpc) is 2.67. The van der Waals surface area contributed by atoms with Gasteiger partial charge in [0.2, 0.25) is 5.91 Å². The van der Waals surface area contributed by atoms with Crippen molar-refractivity contribution >= 4 is 29.1 Å². The van der Waals surface area contributed by atoms with Crippen LogP contribution in [0.2, 0.25) is 0 Å². The van der Waals surface area contributed by atoms with E-state index in [4.69, 9.17) is 22.1 Å². The molecule has 0 bridgehead atoms. The van der Waals surface area contributed by atoms with Crippen molar-refractivity contribution < 1.29 is 19.4 Å². The van der Waals surface area contributed by atoms with Crippen molar-refractivity contribution in [3.05, 3.63) is 0 Å². The SMILES string of the molecule is CCC[C@H](N[C@H]1CC(=O)N[C@H]1CC(=O)O)C(=S)OC. The maximum absolute atomic E-state index is 11.4. The molecule has 6 nitrogen and oxygen atoms in total. The van der Waals surface area contributed by atoms with Crippen molar-refractivity contribution in [2.45, 2.75) is 50.7 Å². The molecule has 3 N–H and O–H groups in total. The highest BCUT2D eigenvalue weighted by Gasteiger charge is 2.35. The number of methoxy groups -OCH3 is 1. The zero-order valence-corrected chi connectivity index (χ0v) is 12.0. The molecule has 1 aliphatic heterocycles. The number of hydrogen-bond donors (Lipinski definition) is 3. The minimum Gasteiger partial charge on any atom is -0.489 e. The van der Waals surface area contributed by atoms with Crippen molar-refractivity contribution in [2.75, 3.05) is 7.11 Å². The minimum absolute atomic E-state index is 0.0952. The number of thiocarbonyl (C=S) groups is 1.